The molecule has 0 aliphatic rings. The van der Waals surface area contributed by atoms with Crippen LogP contribution >= 0.6 is 12.2 Å². The van der Waals surface area contributed by atoms with Crippen LogP contribution in [0.25, 0.3) is 0 Å². The lowest BCUT2D eigenvalue weighted by Gasteiger charge is -2.12. The number of thiocarbonyl (C=S) groups is 1. The van der Waals surface area contributed by atoms with E-state index in [2.05, 4.69) is 15.5 Å². The van der Waals surface area contributed by atoms with Gasteiger partial charge in [-0.3, -0.25) is 9.89 Å². The van der Waals surface area contributed by atoms with Crippen molar-refractivity contribution in [1.82, 2.24) is 15.5 Å². The number of amides is 1. The van der Waals surface area contributed by atoms with E-state index in [1.807, 2.05) is 13.8 Å². The van der Waals surface area contributed by atoms with Crippen LogP contribution < -0.4 is 11.1 Å². The fourth-order valence-electron chi connectivity index (χ4n) is 1.38. The predicted octanol–water partition coefficient (Wildman–Crippen LogP) is 0.647. The Balaban J connectivity index is 2.52. The summed E-state index contributed by atoms with van der Waals surface area (Å²) in [5.74, 6) is -0.516. The molecule has 1 heterocycles. The van der Waals surface area contributed by atoms with Crippen LogP contribution in [0.1, 0.15) is 24.6 Å². The van der Waals surface area contributed by atoms with Gasteiger partial charge in [-0.15, -0.1) is 0 Å². The van der Waals surface area contributed by atoms with Crippen LogP contribution in [-0.2, 0) is 11.3 Å². The third-order valence-electron chi connectivity index (χ3n) is 2.46. The number of nitrogens with one attached hydrogen (secondary N) is 2. The number of hydrogen-bond donors (Lipinski definition) is 3. The quantitative estimate of drug-likeness (QED) is 0.660. The van der Waals surface area contributed by atoms with Gasteiger partial charge in [0.2, 0.25) is 5.91 Å². The Kier molecular flexibility index (Phi) is 4.42. The van der Waals surface area contributed by atoms with E-state index in [-0.39, 0.29) is 16.8 Å². The zero-order valence-corrected chi connectivity index (χ0v) is 10.2. The molecule has 0 saturated heterocycles. The first-order valence-electron chi connectivity index (χ1n) is 5.12. The number of aromatic nitrogens is 2. The number of nitrogens with zero attached hydrogens (tertiary/aromatic N) is 1. The van der Waals surface area contributed by atoms with Gasteiger partial charge < -0.3 is 11.1 Å². The molecule has 0 spiro atoms. The second-order valence-electron chi connectivity index (χ2n) is 3.60. The highest BCUT2D eigenvalue weighted by Crippen LogP contribution is 2.05. The Morgan fingerprint density at radius 2 is 2.44 bits per heavy atom. The van der Waals surface area contributed by atoms with Gasteiger partial charge in [-0.05, 0) is 13.3 Å². The number of aromatic amines is 1. The number of hydrogen-bond acceptors (Lipinski definition) is 3. The van der Waals surface area contributed by atoms with Gasteiger partial charge in [0.1, 0.15) is 0 Å². The van der Waals surface area contributed by atoms with Gasteiger partial charge in [-0.25, -0.2) is 0 Å². The molecule has 0 radical (unpaired) electrons. The molecule has 88 valence electrons. The minimum atomic E-state index is -0.387. The molecule has 0 aromatic carbocycles. The van der Waals surface area contributed by atoms with Gasteiger partial charge >= 0.3 is 0 Å². The summed E-state index contributed by atoms with van der Waals surface area (Å²) < 4.78 is 0. The number of rotatable bonds is 5. The summed E-state index contributed by atoms with van der Waals surface area (Å²) in [6, 6.07) is 0. The molecule has 1 aromatic rings. The summed E-state index contributed by atoms with van der Waals surface area (Å²) in [4.78, 5) is 12.0. The first-order chi connectivity index (χ1) is 7.56. The van der Waals surface area contributed by atoms with E-state index in [1.54, 1.807) is 6.20 Å². The lowest BCUT2D eigenvalue weighted by atomic mass is 10.1. The highest BCUT2D eigenvalue weighted by Gasteiger charge is 2.18. The van der Waals surface area contributed by atoms with E-state index in [9.17, 15) is 4.79 Å². The smallest absolute Gasteiger partial charge is 0.230 e. The van der Waals surface area contributed by atoms with Gasteiger partial charge in [-0.1, -0.05) is 19.1 Å². The SMILES string of the molecule is CCC(C(=O)NCc1cn[nH]c1C)C(N)=S. The summed E-state index contributed by atoms with van der Waals surface area (Å²) in [5.41, 5.74) is 7.39. The molecule has 4 N–H and O–H groups in total. The lowest BCUT2D eigenvalue weighted by Crippen LogP contribution is -2.37. The minimum Gasteiger partial charge on any atom is -0.393 e. The summed E-state index contributed by atoms with van der Waals surface area (Å²) in [5, 5.41) is 9.47. The third-order valence-corrected chi connectivity index (χ3v) is 2.74. The fraction of sp³-hybridized carbons (Fsp3) is 0.500. The molecule has 0 bridgehead atoms. The Morgan fingerprint density at radius 3 is 2.88 bits per heavy atom. The first kappa shape index (κ1) is 12.6. The van der Waals surface area contributed by atoms with Crippen molar-refractivity contribution >= 4 is 23.1 Å². The zero-order valence-electron chi connectivity index (χ0n) is 9.41. The van der Waals surface area contributed by atoms with E-state index in [0.29, 0.717) is 13.0 Å². The molecule has 6 heteroatoms. The minimum absolute atomic E-state index is 0.129. The number of carbonyl (C=O) groups excluding carboxylic acids is 1. The van der Waals surface area contributed by atoms with Crippen LogP contribution in [0.4, 0.5) is 0 Å². The second-order valence-corrected chi connectivity index (χ2v) is 4.07. The monoisotopic (exact) mass is 240 g/mol. The summed E-state index contributed by atoms with van der Waals surface area (Å²) in [7, 11) is 0. The maximum absolute atomic E-state index is 11.7. The van der Waals surface area contributed by atoms with Crippen molar-refractivity contribution in [1.29, 1.82) is 0 Å². The number of carbonyl (C=O) groups is 1. The van der Waals surface area contributed by atoms with Gasteiger partial charge in [0.25, 0.3) is 0 Å². The molecule has 0 fully saturated rings. The number of aryl methyl sites for hydroxylation is 1. The predicted molar refractivity (Wildman–Crippen MR) is 65.7 cm³/mol. The van der Waals surface area contributed by atoms with Crippen LogP contribution in [0.15, 0.2) is 6.20 Å². The number of nitrogens with two attached hydrogens (primary N) is 1. The Bertz CT molecular complexity index is 388. The van der Waals surface area contributed by atoms with E-state index >= 15 is 0 Å². The maximum atomic E-state index is 11.7. The summed E-state index contributed by atoms with van der Waals surface area (Å²) in [6.07, 6.45) is 2.31. The largest absolute Gasteiger partial charge is 0.393 e. The fourth-order valence-corrected chi connectivity index (χ4v) is 1.65. The Labute approximate surface area is 99.8 Å². The van der Waals surface area contributed by atoms with Crippen molar-refractivity contribution in [2.75, 3.05) is 0 Å². The van der Waals surface area contributed by atoms with E-state index in [4.69, 9.17) is 18.0 Å². The molecule has 1 aromatic heterocycles. The van der Waals surface area contributed by atoms with Crippen molar-refractivity contribution in [3.8, 4) is 0 Å². The molecular formula is C10H16N4OS. The molecule has 1 amide bonds. The highest BCUT2D eigenvalue weighted by atomic mass is 32.1. The molecule has 1 atom stereocenters. The highest BCUT2D eigenvalue weighted by molar-refractivity contribution is 7.80. The topological polar surface area (TPSA) is 83.8 Å². The van der Waals surface area contributed by atoms with Crippen molar-refractivity contribution in [2.45, 2.75) is 26.8 Å². The molecular weight excluding hydrogens is 224 g/mol. The average molecular weight is 240 g/mol. The van der Waals surface area contributed by atoms with Gasteiger partial charge in [0.05, 0.1) is 17.1 Å². The third kappa shape index (κ3) is 3.03. The summed E-state index contributed by atoms with van der Waals surface area (Å²) >= 11 is 4.83. The standard InChI is InChI=1S/C10H16N4OS/c1-3-8(9(11)16)10(15)12-4-7-5-13-14-6(7)2/h5,8H,3-4H2,1-2H3,(H2,11,16)(H,12,15)(H,13,14). The summed E-state index contributed by atoms with van der Waals surface area (Å²) in [6.45, 7) is 4.23. The van der Waals surface area contributed by atoms with Crippen LogP contribution in [0.3, 0.4) is 0 Å². The molecule has 1 unspecified atom stereocenters. The van der Waals surface area contributed by atoms with Gasteiger partial charge in [-0.2, -0.15) is 5.10 Å². The van der Waals surface area contributed by atoms with Crippen molar-refractivity contribution in [3.05, 3.63) is 17.5 Å². The lowest BCUT2D eigenvalue weighted by molar-refractivity contribution is -0.123. The van der Waals surface area contributed by atoms with Gasteiger partial charge in [0.15, 0.2) is 0 Å². The molecule has 5 nitrogen and oxygen atoms in total. The molecule has 16 heavy (non-hydrogen) atoms. The van der Waals surface area contributed by atoms with E-state index < -0.39 is 0 Å². The first-order valence-corrected chi connectivity index (χ1v) is 5.53. The van der Waals surface area contributed by atoms with Crippen molar-refractivity contribution in [3.63, 3.8) is 0 Å². The van der Waals surface area contributed by atoms with Crippen LogP contribution in [-0.4, -0.2) is 21.1 Å². The zero-order chi connectivity index (χ0) is 12.1. The van der Waals surface area contributed by atoms with E-state index in [0.717, 1.165) is 11.3 Å². The van der Waals surface area contributed by atoms with Crippen LogP contribution in [0.2, 0.25) is 0 Å². The average Bonchev–Trinajstić information content (AvgIpc) is 2.61. The van der Waals surface area contributed by atoms with E-state index in [1.165, 1.54) is 0 Å². The number of H-pyrrole nitrogens is 1. The Morgan fingerprint density at radius 1 is 1.75 bits per heavy atom. The Hall–Kier alpha value is -1.43. The molecule has 0 aliphatic heterocycles. The molecule has 1 rings (SSSR count). The molecule has 0 aliphatic carbocycles. The van der Waals surface area contributed by atoms with Crippen LogP contribution in [0.5, 0.6) is 0 Å². The normalized spacial score (nSPS) is 12.1. The van der Waals surface area contributed by atoms with Crippen molar-refractivity contribution < 1.29 is 4.79 Å². The maximum Gasteiger partial charge on any atom is 0.230 e. The van der Waals surface area contributed by atoms with Crippen LogP contribution in [0, 0.1) is 12.8 Å². The second kappa shape index (κ2) is 5.60. The van der Waals surface area contributed by atoms with Crippen molar-refractivity contribution in [2.24, 2.45) is 11.7 Å². The van der Waals surface area contributed by atoms with Gasteiger partial charge in [0, 0.05) is 17.8 Å². The molecule has 0 saturated carbocycles.